The van der Waals surface area contributed by atoms with Crippen LogP contribution in [-0.2, 0) is 10.0 Å². The van der Waals surface area contributed by atoms with Crippen LogP contribution in [0.1, 0.15) is 36.2 Å². The molecule has 0 amide bonds. The summed E-state index contributed by atoms with van der Waals surface area (Å²) in [5.74, 6) is -1.17. The Morgan fingerprint density at radius 3 is 2.56 bits per heavy atom. The third kappa shape index (κ3) is 2.28. The molecule has 1 aromatic rings. The van der Waals surface area contributed by atoms with Gasteiger partial charge in [0.25, 0.3) is 0 Å². The number of carbonyl (C=O) groups is 1. The van der Waals surface area contributed by atoms with Crippen LogP contribution in [0, 0.1) is 0 Å². The summed E-state index contributed by atoms with van der Waals surface area (Å²) in [6, 6.07) is 1.18. The highest BCUT2D eigenvalue weighted by Crippen LogP contribution is 2.27. The summed E-state index contributed by atoms with van der Waals surface area (Å²) in [5, 5.41) is 8.77. The Balaban J connectivity index is 2.26. The van der Waals surface area contributed by atoms with Gasteiger partial charge in [-0.3, -0.25) is 0 Å². The minimum Gasteiger partial charge on any atom is -0.477 e. The Bertz CT molecular complexity index is 543. The fourth-order valence-electron chi connectivity index (χ4n) is 2.28. The molecule has 7 heteroatoms. The molecule has 0 saturated heterocycles. The van der Waals surface area contributed by atoms with E-state index in [9.17, 15) is 13.2 Å². The molecule has 2 N–H and O–H groups in total. The number of hydrogen-bond donors (Lipinski definition) is 2. The van der Waals surface area contributed by atoms with E-state index >= 15 is 0 Å². The summed E-state index contributed by atoms with van der Waals surface area (Å²) < 4.78 is 25.9. The molecule has 0 aliphatic heterocycles. The number of hydrogen-bond acceptors (Lipinski definition) is 3. The maximum absolute atomic E-state index is 12.3. The van der Waals surface area contributed by atoms with Crippen molar-refractivity contribution in [2.45, 2.75) is 36.6 Å². The van der Waals surface area contributed by atoms with Gasteiger partial charge in [0.15, 0.2) is 0 Å². The van der Waals surface area contributed by atoms with Crippen molar-refractivity contribution in [2.24, 2.45) is 0 Å². The van der Waals surface area contributed by atoms with Crippen LogP contribution >= 0.6 is 0 Å². The molecular weight excluding hydrogens is 256 g/mol. The number of rotatable bonds is 4. The van der Waals surface area contributed by atoms with Crippen LogP contribution in [0.2, 0.25) is 0 Å². The molecule has 1 aromatic heterocycles. The largest absolute Gasteiger partial charge is 0.477 e. The SMILES string of the molecule is CN(C1CCCC1)S(=O)(=O)c1c[nH]c(C(=O)O)c1. The van der Waals surface area contributed by atoms with Gasteiger partial charge < -0.3 is 10.1 Å². The monoisotopic (exact) mass is 272 g/mol. The number of aromatic nitrogens is 1. The molecule has 1 heterocycles. The lowest BCUT2D eigenvalue weighted by atomic mass is 10.3. The number of carboxylic acids is 1. The van der Waals surface area contributed by atoms with E-state index in [4.69, 9.17) is 5.11 Å². The molecule has 0 bridgehead atoms. The highest BCUT2D eigenvalue weighted by molar-refractivity contribution is 7.89. The van der Waals surface area contributed by atoms with Crippen LogP contribution in [-0.4, -0.2) is 41.9 Å². The quantitative estimate of drug-likeness (QED) is 0.863. The first-order valence-corrected chi connectivity index (χ1v) is 7.26. The van der Waals surface area contributed by atoms with Gasteiger partial charge in [0.2, 0.25) is 10.0 Å². The van der Waals surface area contributed by atoms with E-state index in [1.54, 1.807) is 7.05 Å². The first-order chi connectivity index (χ1) is 8.43. The summed E-state index contributed by atoms with van der Waals surface area (Å²) in [5.41, 5.74) is -0.117. The van der Waals surface area contributed by atoms with E-state index in [0.717, 1.165) is 31.7 Å². The van der Waals surface area contributed by atoms with Gasteiger partial charge in [0, 0.05) is 19.3 Å². The third-order valence-electron chi connectivity index (χ3n) is 3.40. The average molecular weight is 272 g/mol. The molecule has 1 aliphatic carbocycles. The van der Waals surface area contributed by atoms with Crippen molar-refractivity contribution in [2.75, 3.05) is 7.05 Å². The summed E-state index contributed by atoms with van der Waals surface area (Å²) in [6.45, 7) is 0. The van der Waals surface area contributed by atoms with Crippen molar-refractivity contribution >= 4 is 16.0 Å². The lowest BCUT2D eigenvalue weighted by Crippen LogP contribution is -2.34. The summed E-state index contributed by atoms with van der Waals surface area (Å²) >= 11 is 0. The zero-order chi connectivity index (χ0) is 13.3. The van der Waals surface area contributed by atoms with Gasteiger partial charge in [-0.25, -0.2) is 13.2 Å². The predicted molar refractivity (Wildman–Crippen MR) is 65.0 cm³/mol. The molecule has 0 unspecified atom stereocenters. The minimum absolute atomic E-state index is 0.00861. The van der Waals surface area contributed by atoms with Crippen molar-refractivity contribution in [3.05, 3.63) is 18.0 Å². The van der Waals surface area contributed by atoms with Crippen LogP contribution in [0.25, 0.3) is 0 Å². The molecule has 6 nitrogen and oxygen atoms in total. The van der Waals surface area contributed by atoms with Gasteiger partial charge in [0.05, 0.1) is 0 Å². The van der Waals surface area contributed by atoms with E-state index in [-0.39, 0.29) is 16.6 Å². The van der Waals surface area contributed by atoms with Crippen LogP contribution in [0.5, 0.6) is 0 Å². The van der Waals surface area contributed by atoms with Crippen molar-refractivity contribution in [3.63, 3.8) is 0 Å². The molecule has 1 saturated carbocycles. The minimum atomic E-state index is -3.60. The lowest BCUT2D eigenvalue weighted by molar-refractivity contribution is 0.0691. The maximum atomic E-state index is 12.3. The van der Waals surface area contributed by atoms with Crippen LogP contribution < -0.4 is 0 Å². The third-order valence-corrected chi connectivity index (χ3v) is 5.29. The molecule has 100 valence electrons. The normalized spacial score (nSPS) is 17.4. The number of aromatic carboxylic acids is 1. The van der Waals surface area contributed by atoms with Gasteiger partial charge in [-0.1, -0.05) is 12.8 Å². The number of nitrogens with zero attached hydrogens (tertiary/aromatic N) is 1. The molecule has 0 atom stereocenters. The van der Waals surface area contributed by atoms with Crippen molar-refractivity contribution in [1.82, 2.24) is 9.29 Å². The van der Waals surface area contributed by atoms with Crippen LogP contribution in [0.4, 0.5) is 0 Å². The Labute approximate surface area is 106 Å². The van der Waals surface area contributed by atoms with Crippen LogP contribution in [0.15, 0.2) is 17.2 Å². The first kappa shape index (κ1) is 13.1. The fraction of sp³-hybridized carbons (Fsp3) is 0.545. The average Bonchev–Trinajstić information content (AvgIpc) is 2.99. The predicted octanol–water partition coefficient (Wildman–Crippen LogP) is 1.28. The Morgan fingerprint density at radius 2 is 2.06 bits per heavy atom. The molecule has 0 aromatic carbocycles. The van der Waals surface area contributed by atoms with E-state index < -0.39 is 16.0 Å². The topological polar surface area (TPSA) is 90.5 Å². The molecule has 1 fully saturated rings. The second-order valence-corrected chi connectivity index (χ2v) is 6.51. The number of sulfonamides is 1. The Kier molecular flexibility index (Phi) is 3.45. The zero-order valence-corrected chi connectivity index (χ0v) is 10.9. The highest BCUT2D eigenvalue weighted by Gasteiger charge is 2.30. The molecule has 0 radical (unpaired) electrons. The van der Waals surface area contributed by atoms with Gasteiger partial charge in [0.1, 0.15) is 10.6 Å². The molecule has 18 heavy (non-hydrogen) atoms. The van der Waals surface area contributed by atoms with E-state index in [1.807, 2.05) is 0 Å². The molecule has 0 spiro atoms. The second kappa shape index (κ2) is 4.74. The molecular formula is C11H16N2O4S. The van der Waals surface area contributed by atoms with Crippen molar-refractivity contribution in [3.8, 4) is 0 Å². The van der Waals surface area contributed by atoms with Crippen molar-refractivity contribution in [1.29, 1.82) is 0 Å². The Hall–Kier alpha value is -1.34. The lowest BCUT2D eigenvalue weighted by Gasteiger charge is -2.22. The summed E-state index contributed by atoms with van der Waals surface area (Å²) in [4.78, 5) is 13.2. The maximum Gasteiger partial charge on any atom is 0.352 e. The van der Waals surface area contributed by atoms with E-state index in [1.165, 1.54) is 10.5 Å². The summed E-state index contributed by atoms with van der Waals surface area (Å²) in [7, 11) is -2.04. The number of H-pyrrole nitrogens is 1. The van der Waals surface area contributed by atoms with E-state index in [2.05, 4.69) is 4.98 Å². The standard InChI is InChI=1S/C11H16N2O4S/c1-13(8-4-2-3-5-8)18(16,17)9-6-10(11(14)15)12-7-9/h6-8,12H,2-5H2,1H3,(H,14,15). The second-order valence-electron chi connectivity index (χ2n) is 4.51. The van der Waals surface area contributed by atoms with E-state index in [0.29, 0.717) is 0 Å². The zero-order valence-electron chi connectivity index (χ0n) is 10.1. The smallest absolute Gasteiger partial charge is 0.352 e. The van der Waals surface area contributed by atoms with Gasteiger partial charge in [-0.15, -0.1) is 0 Å². The highest BCUT2D eigenvalue weighted by atomic mass is 32.2. The number of carboxylic acid groups (broad SMARTS) is 1. The van der Waals surface area contributed by atoms with Crippen molar-refractivity contribution < 1.29 is 18.3 Å². The number of nitrogens with one attached hydrogen (secondary N) is 1. The molecule has 2 rings (SSSR count). The van der Waals surface area contributed by atoms with Gasteiger partial charge in [-0.05, 0) is 18.9 Å². The first-order valence-electron chi connectivity index (χ1n) is 5.82. The van der Waals surface area contributed by atoms with Gasteiger partial charge in [-0.2, -0.15) is 4.31 Å². The number of aromatic amines is 1. The molecule has 1 aliphatic rings. The Morgan fingerprint density at radius 1 is 1.44 bits per heavy atom. The fourth-order valence-corrected chi connectivity index (χ4v) is 3.69. The summed E-state index contributed by atoms with van der Waals surface area (Å²) in [6.07, 6.45) is 5.04. The van der Waals surface area contributed by atoms with Gasteiger partial charge >= 0.3 is 5.97 Å². The van der Waals surface area contributed by atoms with Crippen LogP contribution in [0.3, 0.4) is 0 Å².